The van der Waals surface area contributed by atoms with Gasteiger partial charge in [0.2, 0.25) is 0 Å². The van der Waals surface area contributed by atoms with E-state index in [0.29, 0.717) is 34.9 Å². The molecule has 0 unspecified atom stereocenters. The summed E-state index contributed by atoms with van der Waals surface area (Å²) in [5.74, 6) is 3.84. The summed E-state index contributed by atoms with van der Waals surface area (Å²) in [6, 6.07) is 136. The quantitative estimate of drug-likeness (QED) is 0.114. The fourth-order valence-corrected chi connectivity index (χ4v) is 18.4. The van der Waals surface area contributed by atoms with Gasteiger partial charge in [-0.05, 0) is 179 Å². The van der Waals surface area contributed by atoms with Crippen LogP contribution >= 0.6 is 0 Å². The van der Waals surface area contributed by atoms with Crippen LogP contribution < -0.4 is 0 Å². The van der Waals surface area contributed by atoms with E-state index in [0.717, 1.165) is 89.2 Å². The molecule has 2 aliphatic carbocycles. The topological polar surface area (TPSA) is 87.2 Å². The third kappa shape index (κ3) is 11.3. The molecule has 16 aromatic carbocycles. The molecule has 0 atom stereocenters. The van der Waals surface area contributed by atoms with E-state index in [1.165, 1.54) is 99.3 Å². The smallest absolute Gasteiger partial charge is 0.164 e. The molecule has 0 aliphatic heterocycles. The largest absolute Gasteiger partial charge is 0.309 e. The van der Waals surface area contributed by atoms with Crippen molar-refractivity contribution in [2.24, 2.45) is 0 Å². The van der Waals surface area contributed by atoms with Crippen molar-refractivity contribution in [3.8, 4) is 158 Å². The number of hydrogen-bond acceptors (Lipinski definition) is 6. The van der Waals surface area contributed by atoms with Gasteiger partial charge in [-0.25, -0.2) is 29.9 Å². The van der Waals surface area contributed by atoms with E-state index in [1.807, 2.05) is 54.6 Å². The zero-order valence-corrected chi connectivity index (χ0v) is 64.4. The van der Waals surface area contributed by atoms with Crippen molar-refractivity contribution in [2.75, 3.05) is 0 Å². The summed E-state index contributed by atoms with van der Waals surface area (Å²) in [5, 5.41) is 4.89. The van der Waals surface area contributed by atoms with Crippen molar-refractivity contribution < 1.29 is 0 Å². The van der Waals surface area contributed by atoms with Crippen LogP contribution in [-0.4, -0.2) is 39.0 Å². The third-order valence-corrected chi connectivity index (χ3v) is 24.3. The summed E-state index contributed by atoms with van der Waals surface area (Å²) in [6.45, 7) is 9.37. The second-order valence-electron chi connectivity index (χ2n) is 31.7. The predicted octanol–water partition coefficient (Wildman–Crippen LogP) is 27.2. The molecule has 20 aromatic rings. The third-order valence-electron chi connectivity index (χ3n) is 24.3. The Labute approximate surface area is 672 Å². The van der Waals surface area contributed by atoms with Crippen LogP contribution in [0.5, 0.6) is 0 Å². The summed E-state index contributed by atoms with van der Waals surface area (Å²) < 4.78 is 4.77. The number of rotatable bonds is 13. The highest BCUT2D eigenvalue weighted by atomic mass is 15.0. The van der Waals surface area contributed by atoms with E-state index in [2.05, 4.69) is 358 Å². The van der Waals surface area contributed by atoms with Crippen LogP contribution in [0.3, 0.4) is 0 Å². The number of nitrogens with zero attached hydrogens (tertiary/aromatic N) is 8. The predicted molar refractivity (Wildman–Crippen MR) is 477 cm³/mol. The molecule has 0 saturated heterocycles. The van der Waals surface area contributed by atoms with Gasteiger partial charge in [0.1, 0.15) is 0 Å². The van der Waals surface area contributed by atoms with E-state index in [4.69, 9.17) is 29.9 Å². The highest BCUT2D eigenvalue weighted by Crippen LogP contribution is 2.55. The second-order valence-corrected chi connectivity index (χ2v) is 31.7. The normalized spacial score (nSPS) is 13.0. The first-order chi connectivity index (χ1) is 57.0. The van der Waals surface area contributed by atoms with Crippen LogP contribution in [0.4, 0.5) is 0 Å². The highest BCUT2D eigenvalue weighted by molar-refractivity contribution is 6.12. The highest BCUT2D eigenvalue weighted by Gasteiger charge is 2.40. The van der Waals surface area contributed by atoms with E-state index in [-0.39, 0.29) is 10.8 Å². The molecule has 4 aromatic heterocycles. The zero-order chi connectivity index (χ0) is 77.3. The molecule has 8 nitrogen and oxygen atoms in total. The summed E-state index contributed by atoms with van der Waals surface area (Å²) in [6.07, 6.45) is 0. The molecular weight excluding hydrogens is 1410 g/mol. The van der Waals surface area contributed by atoms with Gasteiger partial charge in [0.05, 0.1) is 22.1 Å². The van der Waals surface area contributed by atoms with Crippen LogP contribution in [0.1, 0.15) is 49.9 Å². The Kier molecular flexibility index (Phi) is 15.8. The number of hydrogen-bond donors (Lipinski definition) is 0. The monoisotopic (exact) mass is 1480 g/mol. The Morgan fingerprint density at radius 3 is 0.905 bits per heavy atom. The minimum Gasteiger partial charge on any atom is -0.309 e. The molecule has 0 fully saturated rings. The summed E-state index contributed by atoms with van der Waals surface area (Å²) in [5.41, 5.74) is 33.5. The van der Waals surface area contributed by atoms with Gasteiger partial charge < -0.3 is 9.13 Å². The lowest BCUT2D eigenvalue weighted by molar-refractivity contribution is 0.660. The van der Waals surface area contributed by atoms with Crippen molar-refractivity contribution in [2.45, 2.75) is 38.5 Å². The number of para-hydroxylation sites is 3. The molecule has 22 rings (SSSR count). The van der Waals surface area contributed by atoms with Gasteiger partial charge in [-0.3, -0.25) is 0 Å². The first-order valence-corrected chi connectivity index (χ1v) is 39.8. The second kappa shape index (κ2) is 26.9. The van der Waals surface area contributed by atoms with Crippen molar-refractivity contribution in [3.63, 3.8) is 0 Å². The Bertz CT molecular complexity index is 7270. The maximum Gasteiger partial charge on any atom is 0.164 e. The average Bonchev–Trinajstić information content (AvgIpc) is 1.57. The van der Waals surface area contributed by atoms with Gasteiger partial charge in [0.15, 0.2) is 34.9 Å². The van der Waals surface area contributed by atoms with Crippen molar-refractivity contribution in [3.05, 3.63) is 398 Å². The fraction of sp³-hybridized carbons (Fsp3) is 0.0556. The molecule has 8 heteroatoms. The van der Waals surface area contributed by atoms with Crippen LogP contribution in [0.2, 0.25) is 0 Å². The maximum absolute atomic E-state index is 5.39. The molecule has 0 amide bonds. The lowest BCUT2D eigenvalue weighted by atomic mass is 9.81. The minimum atomic E-state index is -0.295. The number of benzene rings is 16. The Hall–Kier alpha value is -14.9. The molecule has 0 bridgehead atoms. The SMILES string of the molecule is CC1(C)c2cc(-c3ccc(-c4ccc5c(c4)c4ccccc4n5-c4ccccc4)cc3)ccc2-c2c(-c3nc(-c4ccccc4)nc(-c4ccc(-c5ccc(-n6c7ccccc7c7cc(-c8cccc(-c9ccc%10c(c9)C(C)(C)c9cccc(-c%11nc(-c%12ccccc%12)nc(-c%12ccccc%12)n%11)c9-%10)c8)ccc76)cc5)cc4)n3)cccc21. The molecule has 546 valence electrons. The van der Waals surface area contributed by atoms with Crippen LogP contribution in [0.15, 0.2) is 376 Å². The van der Waals surface area contributed by atoms with Gasteiger partial charge >= 0.3 is 0 Å². The number of fused-ring (bicyclic) bond motifs is 12. The summed E-state index contributed by atoms with van der Waals surface area (Å²) in [7, 11) is 0. The molecule has 4 heterocycles. The van der Waals surface area contributed by atoms with Gasteiger partial charge in [-0.15, -0.1) is 0 Å². The fourth-order valence-electron chi connectivity index (χ4n) is 18.4. The lowest BCUT2D eigenvalue weighted by Gasteiger charge is -2.22. The van der Waals surface area contributed by atoms with Crippen LogP contribution in [0, 0.1) is 0 Å². The Morgan fingerprint density at radius 1 is 0.181 bits per heavy atom. The van der Waals surface area contributed by atoms with Crippen molar-refractivity contribution >= 4 is 43.6 Å². The summed E-state index contributed by atoms with van der Waals surface area (Å²) in [4.78, 5) is 31.3. The van der Waals surface area contributed by atoms with Crippen molar-refractivity contribution in [1.82, 2.24) is 39.0 Å². The van der Waals surface area contributed by atoms with Crippen LogP contribution in [0.25, 0.3) is 201 Å². The maximum atomic E-state index is 5.39. The molecule has 0 N–H and O–H groups in total. The van der Waals surface area contributed by atoms with Gasteiger partial charge in [-0.2, -0.15) is 0 Å². The molecule has 0 radical (unpaired) electrons. The minimum absolute atomic E-state index is 0.286. The van der Waals surface area contributed by atoms with E-state index in [9.17, 15) is 0 Å². The lowest BCUT2D eigenvalue weighted by Crippen LogP contribution is -2.15. The summed E-state index contributed by atoms with van der Waals surface area (Å²) >= 11 is 0. The van der Waals surface area contributed by atoms with E-state index < -0.39 is 0 Å². The molecule has 116 heavy (non-hydrogen) atoms. The Morgan fingerprint density at radius 2 is 0.466 bits per heavy atom. The number of aromatic nitrogens is 8. The van der Waals surface area contributed by atoms with E-state index >= 15 is 0 Å². The Balaban J connectivity index is 0.538. The van der Waals surface area contributed by atoms with Crippen LogP contribution in [-0.2, 0) is 10.8 Å². The molecule has 2 aliphatic rings. The first-order valence-electron chi connectivity index (χ1n) is 39.8. The van der Waals surface area contributed by atoms with Gasteiger partial charge in [0, 0.05) is 77.1 Å². The molecule has 0 spiro atoms. The molecular formula is C108H74N8. The molecule has 0 saturated carbocycles. The standard InChI is InChI=1S/C108H74N8/c1-107(2)91-38-23-37-88(99(91)85-58-52-79(65-93(85)107)70-44-42-69(43-45-70)77-54-60-97-89(63-77)83-34-17-19-40-95(83)115(97)81-32-15-8-16-33-81)106-113-103(73-28-13-7-14-29-73)110-104(114-106)74-48-46-67(47-49-74)68-50-56-82(57-51-68)116-96-41-20-18-35-84(96)90-64-78(55-61-98(90)116)75-30-21-31-76(62-75)80-53-59-86-94(66-80)108(3,4)92-39-22-36-87(100(86)92)105-111-101(71-24-9-5-10-25-71)109-102(112-105)72-26-11-6-12-27-72/h5-66H,1-4H3. The average molecular weight is 1480 g/mol. The van der Waals surface area contributed by atoms with Gasteiger partial charge in [-0.1, -0.05) is 325 Å². The van der Waals surface area contributed by atoms with E-state index in [1.54, 1.807) is 0 Å². The first kappa shape index (κ1) is 68.0. The van der Waals surface area contributed by atoms with Crippen molar-refractivity contribution in [1.29, 1.82) is 0 Å². The zero-order valence-electron chi connectivity index (χ0n) is 64.4. The van der Waals surface area contributed by atoms with Gasteiger partial charge in [0.25, 0.3) is 0 Å².